The second kappa shape index (κ2) is 5.69. The van der Waals surface area contributed by atoms with Gasteiger partial charge in [0.15, 0.2) is 5.82 Å². The second-order valence-electron chi connectivity index (χ2n) is 4.63. The Kier molecular flexibility index (Phi) is 3.99. The smallest absolute Gasteiger partial charge is 0.178 e. The van der Waals surface area contributed by atoms with E-state index in [1.807, 2.05) is 25.1 Å². The number of nitrogens with one attached hydrogen (secondary N) is 1. The molecule has 0 fully saturated rings. The molecule has 0 spiro atoms. The van der Waals surface area contributed by atoms with Crippen molar-refractivity contribution in [2.75, 3.05) is 0 Å². The third-order valence-corrected chi connectivity index (χ3v) is 2.55. The summed E-state index contributed by atoms with van der Waals surface area (Å²) in [4.78, 5) is 13.1. The Morgan fingerprint density at radius 1 is 1.17 bits per heavy atom. The molecule has 0 aliphatic carbocycles. The van der Waals surface area contributed by atoms with E-state index in [1.165, 1.54) is 0 Å². The van der Waals surface area contributed by atoms with Gasteiger partial charge in [-0.1, -0.05) is 13.8 Å². The molecule has 0 bridgehead atoms. The topological polar surface area (TPSA) is 50.7 Å². The Morgan fingerprint density at radius 3 is 2.67 bits per heavy atom. The maximum Gasteiger partial charge on any atom is 0.178 e. The molecule has 0 aliphatic rings. The van der Waals surface area contributed by atoms with Gasteiger partial charge in [0.1, 0.15) is 5.69 Å². The highest BCUT2D eigenvalue weighted by atomic mass is 15.0. The Hall–Kier alpha value is -1.81. The number of nitrogens with zero attached hydrogens (tertiary/aromatic N) is 3. The number of hydrogen-bond donors (Lipinski definition) is 1. The van der Waals surface area contributed by atoms with Crippen molar-refractivity contribution in [2.24, 2.45) is 0 Å². The van der Waals surface area contributed by atoms with Crippen molar-refractivity contribution in [3.8, 4) is 11.5 Å². The molecule has 4 heteroatoms. The number of pyridine rings is 1. The zero-order valence-corrected chi connectivity index (χ0v) is 11.0. The van der Waals surface area contributed by atoms with Crippen LogP contribution in [-0.2, 0) is 6.54 Å². The Bertz CT molecular complexity index is 523. The highest BCUT2D eigenvalue weighted by Gasteiger charge is 2.04. The maximum atomic E-state index is 4.52. The fourth-order valence-corrected chi connectivity index (χ4v) is 1.59. The minimum atomic E-state index is 0.445. The van der Waals surface area contributed by atoms with Gasteiger partial charge in [-0.3, -0.25) is 4.98 Å². The molecule has 0 aliphatic heterocycles. The molecule has 2 aromatic heterocycles. The molecule has 18 heavy (non-hydrogen) atoms. The molecule has 0 unspecified atom stereocenters. The minimum absolute atomic E-state index is 0.445. The van der Waals surface area contributed by atoms with Gasteiger partial charge in [-0.15, -0.1) is 0 Å². The molecule has 1 N–H and O–H groups in total. The summed E-state index contributed by atoms with van der Waals surface area (Å²) in [5.41, 5.74) is 2.97. The van der Waals surface area contributed by atoms with Crippen LogP contribution in [0.25, 0.3) is 11.5 Å². The van der Waals surface area contributed by atoms with Gasteiger partial charge in [0.2, 0.25) is 0 Å². The summed E-state index contributed by atoms with van der Waals surface area (Å²) in [6, 6.07) is 6.33. The van der Waals surface area contributed by atoms with E-state index in [2.05, 4.69) is 34.1 Å². The van der Waals surface area contributed by atoms with Crippen LogP contribution in [0.2, 0.25) is 0 Å². The molecule has 2 rings (SSSR count). The highest BCUT2D eigenvalue weighted by Crippen LogP contribution is 2.12. The zero-order chi connectivity index (χ0) is 13.0. The van der Waals surface area contributed by atoms with Crippen LogP contribution in [0.4, 0.5) is 0 Å². The number of aryl methyl sites for hydroxylation is 1. The third-order valence-electron chi connectivity index (χ3n) is 2.55. The maximum absolute atomic E-state index is 4.52. The van der Waals surface area contributed by atoms with E-state index < -0.39 is 0 Å². The number of rotatable bonds is 4. The van der Waals surface area contributed by atoms with E-state index in [0.29, 0.717) is 11.9 Å². The van der Waals surface area contributed by atoms with E-state index in [0.717, 1.165) is 23.5 Å². The van der Waals surface area contributed by atoms with Gasteiger partial charge in [0, 0.05) is 25.0 Å². The number of hydrogen-bond acceptors (Lipinski definition) is 4. The summed E-state index contributed by atoms with van der Waals surface area (Å²) < 4.78 is 0. The Labute approximate surface area is 108 Å². The van der Waals surface area contributed by atoms with Gasteiger partial charge < -0.3 is 5.32 Å². The first-order valence-corrected chi connectivity index (χ1v) is 6.13. The summed E-state index contributed by atoms with van der Waals surface area (Å²) >= 11 is 0. The Morgan fingerprint density at radius 2 is 1.94 bits per heavy atom. The van der Waals surface area contributed by atoms with Crippen molar-refractivity contribution in [3.05, 3.63) is 41.9 Å². The lowest BCUT2D eigenvalue weighted by molar-refractivity contribution is 0.581. The molecule has 0 saturated carbocycles. The average molecular weight is 242 g/mol. The molecule has 0 radical (unpaired) electrons. The largest absolute Gasteiger partial charge is 0.309 e. The third kappa shape index (κ3) is 3.34. The first-order chi connectivity index (χ1) is 8.65. The molecule has 2 heterocycles. The lowest BCUT2D eigenvalue weighted by Gasteiger charge is -2.08. The van der Waals surface area contributed by atoms with E-state index in [4.69, 9.17) is 0 Å². The molecule has 0 amide bonds. The van der Waals surface area contributed by atoms with Crippen LogP contribution in [0, 0.1) is 6.92 Å². The minimum Gasteiger partial charge on any atom is -0.309 e. The molecule has 4 nitrogen and oxygen atoms in total. The molecule has 0 aromatic carbocycles. The first-order valence-electron chi connectivity index (χ1n) is 6.13. The standard InChI is InChI=1S/C14H18N4/c1-10(2)17-9-12-5-7-16-14(18-12)13-8-11(3)4-6-15-13/h4-8,10,17H,9H2,1-3H3. The van der Waals surface area contributed by atoms with Crippen molar-refractivity contribution in [1.29, 1.82) is 0 Å². The summed E-state index contributed by atoms with van der Waals surface area (Å²) in [6.07, 6.45) is 3.57. The van der Waals surface area contributed by atoms with Crippen LogP contribution < -0.4 is 5.32 Å². The van der Waals surface area contributed by atoms with Crippen LogP contribution in [-0.4, -0.2) is 21.0 Å². The van der Waals surface area contributed by atoms with Crippen LogP contribution in [0.3, 0.4) is 0 Å². The summed E-state index contributed by atoms with van der Waals surface area (Å²) in [7, 11) is 0. The lowest BCUT2D eigenvalue weighted by atomic mass is 10.2. The second-order valence-corrected chi connectivity index (χ2v) is 4.63. The van der Waals surface area contributed by atoms with Crippen molar-refractivity contribution >= 4 is 0 Å². The SMILES string of the molecule is Cc1ccnc(-c2nccc(CNC(C)C)n2)c1. The molecule has 0 saturated heterocycles. The van der Waals surface area contributed by atoms with Crippen molar-refractivity contribution < 1.29 is 0 Å². The predicted molar refractivity (Wildman–Crippen MR) is 72.0 cm³/mol. The molecule has 94 valence electrons. The van der Waals surface area contributed by atoms with E-state index >= 15 is 0 Å². The summed E-state index contributed by atoms with van der Waals surface area (Å²) in [6.45, 7) is 7.02. The van der Waals surface area contributed by atoms with Crippen molar-refractivity contribution in [2.45, 2.75) is 33.4 Å². The molecular weight excluding hydrogens is 224 g/mol. The highest BCUT2D eigenvalue weighted by molar-refractivity contribution is 5.49. The van der Waals surface area contributed by atoms with Crippen molar-refractivity contribution in [1.82, 2.24) is 20.3 Å². The monoisotopic (exact) mass is 242 g/mol. The normalized spacial score (nSPS) is 10.9. The Balaban J connectivity index is 2.21. The van der Waals surface area contributed by atoms with Crippen LogP contribution in [0.15, 0.2) is 30.6 Å². The van der Waals surface area contributed by atoms with Gasteiger partial charge in [0.05, 0.1) is 5.69 Å². The quantitative estimate of drug-likeness (QED) is 0.894. The van der Waals surface area contributed by atoms with Crippen LogP contribution in [0.5, 0.6) is 0 Å². The fourth-order valence-electron chi connectivity index (χ4n) is 1.59. The fraction of sp³-hybridized carbons (Fsp3) is 0.357. The van der Waals surface area contributed by atoms with Crippen LogP contribution in [0.1, 0.15) is 25.1 Å². The summed E-state index contributed by atoms with van der Waals surface area (Å²) in [5.74, 6) is 0.682. The average Bonchev–Trinajstić information content (AvgIpc) is 2.37. The lowest BCUT2D eigenvalue weighted by Crippen LogP contribution is -2.22. The van der Waals surface area contributed by atoms with E-state index in [1.54, 1.807) is 12.4 Å². The van der Waals surface area contributed by atoms with E-state index in [9.17, 15) is 0 Å². The molecule has 0 atom stereocenters. The van der Waals surface area contributed by atoms with Crippen LogP contribution >= 0.6 is 0 Å². The van der Waals surface area contributed by atoms with Gasteiger partial charge >= 0.3 is 0 Å². The predicted octanol–water partition coefficient (Wildman–Crippen LogP) is 2.35. The molecule has 2 aromatic rings. The van der Waals surface area contributed by atoms with Gasteiger partial charge in [0.25, 0.3) is 0 Å². The van der Waals surface area contributed by atoms with Gasteiger partial charge in [-0.2, -0.15) is 0 Å². The molecular formula is C14H18N4. The van der Waals surface area contributed by atoms with Crippen molar-refractivity contribution in [3.63, 3.8) is 0 Å². The van der Waals surface area contributed by atoms with E-state index in [-0.39, 0.29) is 0 Å². The number of aromatic nitrogens is 3. The van der Waals surface area contributed by atoms with Gasteiger partial charge in [-0.05, 0) is 30.7 Å². The summed E-state index contributed by atoms with van der Waals surface area (Å²) in [5, 5.41) is 3.34. The first kappa shape index (κ1) is 12.6. The van der Waals surface area contributed by atoms with Gasteiger partial charge in [-0.25, -0.2) is 9.97 Å². The zero-order valence-electron chi connectivity index (χ0n) is 11.0.